The molecule has 124 valence electrons. The van der Waals surface area contributed by atoms with Crippen LogP contribution in [-0.2, 0) is 11.2 Å². The molecule has 1 unspecified atom stereocenters. The third-order valence-corrected chi connectivity index (χ3v) is 4.12. The van der Waals surface area contributed by atoms with Crippen molar-refractivity contribution in [2.75, 3.05) is 6.61 Å². The summed E-state index contributed by atoms with van der Waals surface area (Å²) in [5.74, 6) is -0.0828. The summed E-state index contributed by atoms with van der Waals surface area (Å²) in [6, 6.07) is 15.5. The first-order valence-corrected chi connectivity index (χ1v) is 8.09. The van der Waals surface area contributed by atoms with Crippen molar-refractivity contribution < 1.29 is 14.3 Å². The minimum atomic E-state index is -0.191. The molecule has 0 spiro atoms. The van der Waals surface area contributed by atoms with E-state index in [0.717, 1.165) is 27.7 Å². The first kappa shape index (κ1) is 16.3. The van der Waals surface area contributed by atoms with Crippen molar-refractivity contribution in [3.05, 3.63) is 71.5 Å². The molecule has 0 aliphatic rings. The fraction of sp³-hybridized carbons (Fsp3) is 0.250. The third-order valence-electron chi connectivity index (χ3n) is 4.12. The number of aliphatic hydroxyl groups excluding tert-OH is 1. The molecule has 0 saturated heterocycles. The number of benzene rings is 2. The molecule has 1 heterocycles. The predicted molar refractivity (Wildman–Crippen MR) is 93.7 cm³/mol. The van der Waals surface area contributed by atoms with Crippen LogP contribution in [0.5, 0.6) is 0 Å². The van der Waals surface area contributed by atoms with Gasteiger partial charge in [-0.25, -0.2) is 0 Å². The lowest BCUT2D eigenvalue weighted by molar-refractivity contribution is -0.121. The lowest BCUT2D eigenvalue weighted by atomic mass is 10.0. The van der Waals surface area contributed by atoms with E-state index >= 15 is 0 Å². The molecule has 4 heteroatoms. The molecule has 0 radical (unpaired) electrons. The number of aryl methyl sites for hydroxylation is 1. The second-order valence-corrected chi connectivity index (χ2v) is 5.98. The van der Waals surface area contributed by atoms with Crippen LogP contribution in [0, 0.1) is 6.92 Å². The second-order valence-electron chi connectivity index (χ2n) is 5.98. The monoisotopic (exact) mass is 323 g/mol. The fourth-order valence-electron chi connectivity index (χ4n) is 2.88. The maximum atomic E-state index is 12.4. The molecule has 0 fully saturated rings. The first-order valence-electron chi connectivity index (χ1n) is 8.09. The number of hydrogen-bond acceptors (Lipinski definition) is 3. The molecule has 4 nitrogen and oxygen atoms in total. The number of nitrogens with one attached hydrogen (secondary N) is 1. The van der Waals surface area contributed by atoms with Gasteiger partial charge in [-0.15, -0.1) is 0 Å². The molecule has 24 heavy (non-hydrogen) atoms. The number of amides is 1. The van der Waals surface area contributed by atoms with E-state index in [2.05, 4.69) is 5.32 Å². The van der Waals surface area contributed by atoms with Gasteiger partial charge in [0.15, 0.2) is 0 Å². The van der Waals surface area contributed by atoms with Crippen LogP contribution in [0.15, 0.2) is 59.2 Å². The van der Waals surface area contributed by atoms with Crippen molar-refractivity contribution in [1.29, 1.82) is 0 Å². The van der Waals surface area contributed by atoms with E-state index in [9.17, 15) is 9.90 Å². The van der Waals surface area contributed by atoms with Gasteiger partial charge in [-0.2, -0.15) is 0 Å². The molecule has 2 aromatic carbocycles. The van der Waals surface area contributed by atoms with E-state index in [-0.39, 0.29) is 25.0 Å². The Morgan fingerprint density at radius 2 is 2.00 bits per heavy atom. The Bertz CT molecular complexity index is 823. The van der Waals surface area contributed by atoms with Crippen molar-refractivity contribution >= 4 is 16.9 Å². The summed E-state index contributed by atoms with van der Waals surface area (Å²) in [4.78, 5) is 12.4. The number of carbonyl (C=O) groups is 1. The van der Waals surface area contributed by atoms with Gasteiger partial charge in [0.25, 0.3) is 0 Å². The molecule has 0 saturated carbocycles. The maximum Gasteiger partial charge on any atom is 0.225 e. The zero-order valence-electron chi connectivity index (χ0n) is 13.7. The van der Waals surface area contributed by atoms with Crippen molar-refractivity contribution in [2.24, 2.45) is 0 Å². The predicted octanol–water partition coefficient (Wildman–Crippen LogP) is 3.52. The van der Waals surface area contributed by atoms with Crippen molar-refractivity contribution in [3.63, 3.8) is 0 Å². The SMILES string of the molecule is Cc1ccc2c(CC(=O)NC(CCO)c3ccccc3)coc2c1. The largest absolute Gasteiger partial charge is 0.464 e. The molecule has 2 N–H and O–H groups in total. The van der Waals surface area contributed by atoms with Crippen LogP contribution >= 0.6 is 0 Å². The van der Waals surface area contributed by atoms with Crippen LogP contribution < -0.4 is 5.32 Å². The normalized spacial score (nSPS) is 12.2. The summed E-state index contributed by atoms with van der Waals surface area (Å²) in [6.45, 7) is 2.03. The summed E-state index contributed by atoms with van der Waals surface area (Å²) < 4.78 is 5.55. The Labute approximate surface area is 141 Å². The summed E-state index contributed by atoms with van der Waals surface area (Å²) in [5.41, 5.74) is 3.79. The molecule has 0 aliphatic carbocycles. The first-order chi connectivity index (χ1) is 11.7. The molecule has 0 bridgehead atoms. The minimum Gasteiger partial charge on any atom is -0.464 e. The number of aliphatic hydroxyl groups is 1. The number of hydrogen-bond donors (Lipinski definition) is 2. The average Bonchev–Trinajstić information content (AvgIpc) is 2.97. The summed E-state index contributed by atoms with van der Waals surface area (Å²) >= 11 is 0. The lowest BCUT2D eigenvalue weighted by Gasteiger charge is -2.18. The van der Waals surface area contributed by atoms with Gasteiger partial charge in [-0.05, 0) is 30.5 Å². The van der Waals surface area contributed by atoms with E-state index in [4.69, 9.17) is 4.42 Å². The fourth-order valence-corrected chi connectivity index (χ4v) is 2.88. The lowest BCUT2D eigenvalue weighted by Crippen LogP contribution is -2.30. The molecule has 3 rings (SSSR count). The van der Waals surface area contributed by atoms with Crippen LogP contribution in [0.1, 0.15) is 29.2 Å². The van der Waals surface area contributed by atoms with E-state index in [1.807, 2.05) is 55.5 Å². The van der Waals surface area contributed by atoms with Crippen molar-refractivity contribution in [1.82, 2.24) is 5.32 Å². The highest BCUT2D eigenvalue weighted by Crippen LogP contribution is 2.23. The van der Waals surface area contributed by atoms with Gasteiger partial charge in [0.1, 0.15) is 5.58 Å². The van der Waals surface area contributed by atoms with Gasteiger partial charge >= 0.3 is 0 Å². The molecule has 0 aliphatic heterocycles. The average molecular weight is 323 g/mol. The van der Waals surface area contributed by atoms with E-state index in [0.29, 0.717) is 6.42 Å². The zero-order valence-corrected chi connectivity index (χ0v) is 13.7. The Kier molecular flexibility index (Phi) is 4.96. The van der Waals surface area contributed by atoms with Gasteiger partial charge < -0.3 is 14.8 Å². The van der Waals surface area contributed by atoms with Crippen LogP contribution in [-0.4, -0.2) is 17.6 Å². The van der Waals surface area contributed by atoms with Crippen molar-refractivity contribution in [2.45, 2.75) is 25.8 Å². The van der Waals surface area contributed by atoms with Crippen LogP contribution in [0.4, 0.5) is 0 Å². The number of rotatable bonds is 6. The van der Waals surface area contributed by atoms with E-state index in [1.165, 1.54) is 0 Å². The highest BCUT2D eigenvalue weighted by atomic mass is 16.3. The Balaban J connectivity index is 1.73. The van der Waals surface area contributed by atoms with Crippen LogP contribution in [0.25, 0.3) is 11.0 Å². The number of furan rings is 1. The Hall–Kier alpha value is -2.59. The van der Waals surface area contributed by atoms with Crippen LogP contribution in [0.3, 0.4) is 0 Å². The Morgan fingerprint density at radius 1 is 1.21 bits per heavy atom. The minimum absolute atomic E-state index is 0.0216. The maximum absolute atomic E-state index is 12.4. The van der Waals surface area contributed by atoms with Gasteiger partial charge in [0.05, 0.1) is 18.7 Å². The number of fused-ring (bicyclic) bond motifs is 1. The van der Waals surface area contributed by atoms with E-state index in [1.54, 1.807) is 6.26 Å². The van der Waals surface area contributed by atoms with E-state index < -0.39 is 0 Å². The van der Waals surface area contributed by atoms with Gasteiger partial charge in [0.2, 0.25) is 5.91 Å². The third kappa shape index (κ3) is 3.66. The quantitative estimate of drug-likeness (QED) is 0.729. The molecular weight excluding hydrogens is 302 g/mol. The Morgan fingerprint density at radius 3 is 2.75 bits per heavy atom. The van der Waals surface area contributed by atoms with Gasteiger partial charge in [-0.1, -0.05) is 42.5 Å². The van der Waals surface area contributed by atoms with Gasteiger partial charge in [-0.3, -0.25) is 4.79 Å². The van der Waals surface area contributed by atoms with Crippen molar-refractivity contribution in [3.8, 4) is 0 Å². The molecule has 3 aromatic rings. The second kappa shape index (κ2) is 7.32. The molecular formula is C20H21NO3. The smallest absolute Gasteiger partial charge is 0.225 e. The van der Waals surface area contributed by atoms with Crippen LogP contribution in [0.2, 0.25) is 0 Å². The summed E-state index contributed by atoms with van der Waals surface area (Å²) in [6.07, 6.45) is 2.39. The molecule has 1 amide bonds. The summed E-state index contributed by atoms with van der Waals surface area (Å²) in [5, 5.41) is 13.2. The topological polar surface area (TPSA) is 62.5 Å². The highest BCUT2D eigenvalue weighted by Gasteiger charge is 2.16. The molecule has 1 aromatic heterocycles. The standard InChI is InChI=1S/C20H21NO3/c1-14-7-8-17-16(13-24-19(17)11-14)12-20(23)21-18(9-10-22)15-5-3-2-4-6-15/h2-8,11,13,18,22H,9-10,12H2,1H3,(H,21,23). The van der Waals surface area contributed by atoms with Gasteiger partial charge in [0, 0.05) is 17.6 Å². The summed E-state index contributed by atoms with van der Waals surface area (Å²) in [7, 11) is 0. The number of carbonyl (C=O) groups excluding carboxylic acids is 1. The highest BCUT2D eigenvalue weighted by molar-refractivity contribution is 5.88. The molecule has 1 atom stereocenters. The zero-order chi connectivity index (χ0) is 16.9.